The fourth-order valence-corrected chi connectivity index (χ4v) is 3.11. The molecule has 1 saturated heterocycles. The van der Waals surface area contributed by atoms with Crippen molar-refractivity contribution in [2.24, 2.45) is 5.41 Å². The van der Waals surface area contributed by atoms with Crippen molar-refractivity contribution in [2.45, 2.75) is 51.0 Å². The van der Waals surface area contributed by atoms with Gasteiger partial charge in [0.2, 0.25) is 0 Å². The zero-order valence-corrected chi connectivity index (χ0v) is 10.2. The van der Waals surface area contributed by atoms with Crippen LogP contribution in [0.2, 0.25) is 0 Å². The highest BCUT2D eigenvalue weighted by molar-refractivity contribution is 4.86. The molecule has 2 aliphatic rings. The molecule has 0 aromatic carbocycles. The van der Waals surface area contributed by atoms with Gasteiger partial charge in [-0.2, -0.15) is 0 Å². The largest absolute Gasteiger partial charge is 0.396 e. The Hall–Kier alpha value is -0.120. The number of hydrogen-bond acceptors (Lipinski definition) is 3. The zero-order chi connectivity index (χ0) is 11.3. The summed E-state index contributed by atoms with van der Waals surface area (Å²) >= 11 is 0. The third kappa shape index (κ3) is 3.19. The molecule has 2 fully saturated rings. The summed E-state index contributed by atoms with van der Waals surface area (Å²) in [6.45, 7) is 3.18. The Bertz CT molecular complexity index is 191. The number of ether oxygens (including phenoxy) is 1. The Kier molecular flexibility index (Phi) is 4.62. The van der Waals surface area contributed by atoms with Crippen molar-refractivity contribution < 1.29 is 9.84 Å². The molecule has 0 radical (unpaired) electrons. The first-order valence-electron chi connectivity index (χ1n) is 6.77. The van der Waals surface area contributed by atoms with E-state index in [1.165, 1.54) is 32.1 Å². The summed E-state index contributed by atoms with van der Waals surface area (Å²) in [7, 11) is 0. The molecule has 3 nitrogen and oxygen atoms in total. The van der Waals surface area contributed by atoms with Gasteiger partial charge in [0, 0.05) is 25.8 Å². The normalized spacial score (nSPS) is 29.4. The summed E-state index contributed by atoms with van der Waals surface area (Å²) in [6.07, 6.45) is 8.73. The molecule has 2 rings (SSSR count). The minimum Gasteiger partial charge on any atom is -0.396 e. The van der Waals surface area contributed by atoms with Gasteiger partial charge in [-0.3, -0.25) is 0 Å². The van der Waals surface area contributed by atoms with Crippen LogP contribution < -0.4 is 5.32 Å². The smallest absolute Gasteiger partial charge is 0.0620 e. The SMILES string of the molecule is OCCC1(CNC2CCOC2)CCCCC1. The summed E-state index contributed by atoms with van der Waals surface area (Å²) in [5.41, 5.74) is 0.371. The third-order valence-corrected chi connectivity index (χ3v) is 4.25. The zero-order valence-electron chi connectivity index (χ0n) is 10.2. The summed E-state index contributed by atoms with van der Waals surface area (Å²) in [6, 6.07) is 0.553. The fourth-order valence-electron chi connectivity index (χ4n) is 3.11. The van der Waals surface area contributed by atoms with E-state index in [1.807, 2.05) is 0 Å². The molecule has 1 heterocycles. The molecule has 1 aliphatic heterocycles. The molecular formula is C13H25NO2. The summed E-state index contributed by atoms with van der Waals surface area (Å²) in [4.78, 5) is 0. The van der Waals surface area contributed by atoms with Gasteiger partial charge >= 0.3 is 0 Å². The van der Waals surface area contributed by atoms with Crippen molar-refractivity contribution in [2.75, 3.05) is 26.4 Å². The van der Waals surface area contributed by atoms with E-state index in [0.29, 0.717) is 18.1 Å². The Morgan fingerprint density at radius 2 is 2.06 bits per heavy atom. The van der Waals surface area contributed by atoms with Gasteiger partial charge in [-0.15, -0.1) is 0 Å². The van der Waals surface area contributed by atoms with Gasteiger partial charge in [0.25, 0.3) is 0 Å². The van der Waals surface area contributed by atoms with Crippen molar-refractivity contribution in [3.8, 4) is 0 Å². The second kappa shape index (κ2) is 5.99. The van der Waals surface area contributed by atoms with E-state index < -0.39 is 0 Å². The lowest BCUT2D eigenvalue weighted by molar-refractivity contribution is 0.120. The molecule has 0 amide bonds. The molecule has 1 unspecified atom stereocenters. The molecule has 94 valence electrons. The van der Waals surface area contributed by atoms with Crippen LogP contribution >= 0.6 is 0 Å². The molecule has 0 aromatic heterocycles. The van der Waals surface area contributed by atoms with Gasteiger partial charge in [0.1, 0.15) is 0 Å². The van der Waals surface area contributed by atoms with Crippen molar-refractivity contribution in [1.82, 2.24) is 5.32 Å². The molecule has 1 atom stereocenters. The Labute approximate surface area is 98.6 Å². The van der Waals surface area contributed by atoms with Crippen LogP contribution in [0.15, 0.2) is 0 Å². The first kappa shape index (κ1) is 12.3. The van der Waals surface area contributed by atoms with Gasteiger partial charge < -0.3 is 15.2 Å². The predicted molar refractivity (Wildman–Crippen MR) is 64.4 cm³/mol. The van der Waals surface area contributed by atoms with Crippen LogP contribution in [0.25, 0.3) is 0 Å². The van der Waals surface area contributed by atoms with Gasteiger partial charge in [0.05, 0.1) is 6.61 Å². The van der Waals surface area contributed by atoms with Crippen molar-refractivity contribution >= 4 is 0 Å². The number of aliphatic hydroxyl groups excluding tert-OH is 1. The second-order valence-corrected chi connectivity index (χ2v) is 5.48. The lowest BCUT2D eigenvalue weighted by Gasteiger charge is -2.38. The van der Waals surface area contributed by atoms with Crippen LogP contribution in [0, 0.1) is 5.41 Å². The minimum atomic E-state index is 0.336. The fraction of sp³-hybridized carbons (Fsp3) is 1.00. The van der Waals surface area contributed by atoms with Gasteiger partial charge in [-0.05, 0) is 31.1 Å². The Morgan fingerprint density at radius 1 is 1.25 bits per heavy atom. The van der Waals surface area contributed by atoms with Gasteiger partial charge in [-0.25, -0.2) is 0 Å². The minimum absolute atomic E-state index is 0.336. The lowest BCUT2D eigenvalue weighted by atomic mass is 9.72. The van der Waals surface area contributed by atoms with E-state index in [4.69, 9.17) is 4.74 Å². The first-order valence-corrected chi connectivity index (χ1v) is 6.77. The van der Waals surface area contributed by atoms with E-state index in [-0.39, 0.29) is 0 Å². The maximum atomic E-state index is 9.22. The average Bonchev–Trinajstić information content (AvgIpc) is 2.81. The van der Waals surface area contributed by atoms with E-state index in [0.717, 1.165) is 32.6 Å². The molecule has 0 spiro atoms. The number of rotatable bonds is 5. The van der Waals surface area contributed by atoms with Crippen LogP contribution in [0.1, 0.15) is 44.9 Å². The van der Waals surface area contributed by atoms with Crippen LogP contribution in [0.5, 0.6) is 0 Å². The van der Waals surface area contributed by atoms with E-state index in [1.54, 1.807) is 0 Å². The van der Waals surface area contributed by atoms with E-state index >= 15 is 0 Å². The average molecular weight is 227 g/mol. The van der Waals surface area contributed by atoms with E-state index in [2.05, 4.69) is 5.32 Å². The quantitative estimate of drug-likeness (QED) is 0.751. The molecule has 1 saturated carbocycles. The first-order chi connectivity index (χ1) is 7.85. The maximum Gasteiger partial charge on any atom is 0.0620 e. The molecule has 0 bridgehead atoms. The Balaban J connectivity index is 1.80. The number of nitrogens with one attached hydrogen (secondary N) is 1. The topological polar surface area (TPSA) is 41.5 Å². The number of hydrogen-bond donors (Lipinski definition) is 2. The molecule has 1 aliphatic carbocycles. The summed E-state index contributed by atoms with van der Waals surface area (Å²) < 4.78 is 5.38. The second-order valence-electron chi connectivity index (χ2n) is 5.48. The lowest BCUT2D eigenvalue weighted by Crippen LogP contribution is -2.41. The highest BCUT2D eigenvalue weighted by atomic mass is 16.5. The maximum absolute atomic E-state index is 9.22. The van der Waals surface area contributed by atoms with Gasteiger partial charge in [-0.1, -0.05) is 19.3 Å². The van der Waals surface area contributed by atoms with Crippen LogP contribution in [-0.2, 0) is 4.74 Å². The molecule has 2 N–H and O–H groups in total. The van der Waals surface area contributed by atoms with Crippen LogP contribution in [0.3, 0.4) is 0 Å². The highest BCUT2D eigenvalue weighted by Gasteiger charge is 2.32. The monoisotopic (exact) mass is 227 g/mol. The van der Waals surface area contributed by atoms with Crippen LogP contribution in [-0.4, -0.2) is 37.5 Å². The van der Waals surface area contributed by atoms with Crippen molar-refractivity contribution in [3.63, 3.8) is 0 Å². The van der Waals surface area contributed by atoms with E-state index in [9.17, 15) is 5.11 Å². The molecule has 3 heteroatoms. The Morgan fingerprint density at radius 3 is 2.69 bits per heavy atom. The highest BCUT2D eigenvalue weighted by Crippen LogP contribution is 2.38. The van der Waals surface area contributed by atoms with Gasteiger partial charge in [0.15, 0.2) is 0 Å². The predicted octanol–water partition coefficient (Wildman–Crippen LogP) is 1.70. The van der Waals surface area contributed by atoms with Crippen molar-refractivity contribution in [3.05, 3.63) is 0 Å². The van der Waals surface area contributed by atoms with Crippen LogP contribution in [0.4, 0.5) is 0 Å². The summed E-state index contributed by atoms with van der Waals surface area (Å²) in [5, 5.41) is 12.9. The molecule has 0 aromatic rings. The van der Waals surface area contributed by atoms with Crippen molar-refractivity contribution in [1.29, 1.82) is 0 Å². The summed E-state index contributed by atoms with van der Waals surface area (Å²) in [5.74, 6) is 0. The molecule has 16 heavy (non-hydrogen) atoms. The molecular weight excluding hydrogens is 202 g/mol. The third-order valence-electron chi connectivity index (χ3n) is 4.25. The standard InChI is InChI=1S/C13H25NO2/c15-8-7-13(5-2-1-3-6-13)11-14-12-4-9-16-10-12/h12,14-15H,1-11H2. The number of aliphatic hydroxyl groups is 1.